The Kier molecular flexibility index (Phi) is 8.49. The molecule has 0 radical (unpaired) electrons. The second-order valence-electron chi connectivity index (χ2n) is 6.82. The van der Waals surface area contributed by atoms with Crippen molar-refractivity contribution in [1.29, 1.82) is 5.26 Å². The third-order valence-corrected chi connectivity index (χ3v) is 4.89. The van der Waals surface area contributed by atoms with E-state index >= 15 is 0 Å². The summed E-state index contributed by atoms with van der Waals surface area (Å²) in [5, 5.41) is 12.9. The maximum Gasteiger partial charge on any atom is 0.273 e. The molecule has 8 heteroatoms. The van der Waals surface area contributed by atoms with Crippen LogP contribution in [0.3, 0.4) is 0 Å². The summed E-state index contributed by atoms with van der Waals surface area (Å²) in [6, 6.07) is 7.64. The van der Waals surface area contributed by atoms with Crippen LogP contribution < -0.4 is 10.1 Å². The fraction of sp³-hybridized carbons (Fsp3) is 0.409. The predicted octanol–water partition coefficient (Wildman–Crippen LogP) is 2.65. The van der Waals surface area contributed by atoms with Crippen molar-refractivity contribution >= 4 is 28.6 Å². The van der Waals surface area contributed by atoms with Crippen molar-refractivity contribution in [2.24, 2.45) is 0 Å². The van der Waals surface area contributed by atoms with E-state index in [0.717, 1.165) is 22.0 Å². The van der Waals surface area contributed by atoms with Gasteiger partial charge in [0.2, 0.25) is 5.44 Å². The van der Waals surface area contributed by atoms with Crippen LogP contribution in [0.4, 0.5) is 0 Å². The number of carbonyl (C=O) groups excluding carboxylic acids is 1. The van der Waals surface area contributed by atoms with Gasteiger partial charge in [-0.05, 0) is 43.9 Å². The van der Waals surface area contributed by atoms with Crippen LogP contribution in [0.2, 0.25) is 0 Å². The van der Waals surface area contributed by atoms with E-state index in [1.165, 1.54) is 18.9 Å². The van der Waals surface area contributed by atoms with E-state index in [0.29, 0.717) is 12.4 Å². The fourth-order valence-electron chi connectivity index (χ4n) is 2.79. The zero-order chi connectivity index (χ0) is 22.1. The standard InChI is InChI=1S/C22H25N3O4S/c1-15-9-18(11-17-10-16(7-6-8-27-3)12-24-19(15)17)29-21(30-5)20(26)25-22(2,13-23)14-28-4/h9-12,21H,8,14H2,1-5H3,(H,25,26). The number of carbonyl (C=O) groups is 1. The number of thioether (sulfide) groups is 1. The molecule has 2 unspecified atom stereocenters. The summed E-state index contributed by atoms with van der Waals surface area (Å²) < 4.78 is 15.9. The third-order valence-electron chi connectivity index (χ3n) is 4.15. The maximum atomic E-state index is 12.7. The maximum absolute atomic E-state index is 12.7. The largest absolute Gasteiger partial charge is 0.470 e. The molecule has 0 bridgehead atoms. The molecule has 2 atom stereocenters. The van der Waals surface area contributed by atoms with Crippen LogP contribution in [0.15, 0.2) is 24.4 Å². The van der Waals surface area contributed by atoms with Gasteiger partial charge in [0.15, 0.2) is 0 Å². The van der Waals surface area contributed by atoms with E-state index in [-0.39, 0.29) is 6.61 Å². The van der Waals surface area contributed by atoms with Gasteiger partial charge in [-0.2, -0.15) is 5.26 Å². The number of hydrogen-bond acceptors (Lipinski definition) is 7. The highest BCUT2D eigenvalue weighted by molar-refractivity contribution is 7.99. The number of nitrogens with zero attached hydrogens (tertiary/aromatic N) is 2. The van der Waals surface area contributed by atoms with Gasteiger partial charge in [0.1, 0.15) is 17.9 Å². The number of nitriles is 1. The van der Waals surface area contributed by atoms with Gasteiger partial charge >= 0.3 is 0 Å². The summed E-state index contributed by atoms with van der Waals surface area (Å²) in [4.78, 5) is 17.2. The zero-order valence-electron chi connectivity index (χ0n) is 17.7. The van der Waals surface area contributed by atoms with Crippen molar-refractivity contribution in [3.05, 3.63) is 35.5 Å². The van der Waals surface area contributed by atoms with E-state index in [9.17, 15) is 10.1 Å². The number of rotatable bonds is 8. The molecular formula is C22H25N3O4S. The number of amides is 1. The third kappa shape index (κ3) is 6.11. The van der Waals surface area contributed by atoms with Crippen molar-refractivity contribution in [3.8, 4) is 23.7 Å². The Balaban J connectivity index is 2.27. The van der Waals surface area contributed by atoms with Crippen LogP contribution in [-0.2, 0) is 14.3 Å². The minimum absolute atomic E-state index is 0.0734. The SMILES string of the molecule is COCC#Cc1cnc2c(C)cc(OC(SC)C(=O)NC(C)(C#N)COC)cc2c1. The average molecular weight is 428 g/mol. The lowest BCUT2D eigenvalue weighted by Gasteiger charge is -2.25. The normalized spacial score (nSPS) is 13.5. The first kappa shape index (κ1) is 23.5. The Morgan fingerprint density at radius 1 is 1.33 bits per heavy atom. The fourth-order valence-corrected chi connectivity index (χ4v) is 3.27. The molecule has 0 aliphatic rings. The minimum Gasteiger partial charge on any atom is -0.470 e. The van der Waals surface area contributed by atoms with Gasteiger partial charge in [-0.1, -0.05) is 11.8 Å². The number of methoxy groups -OCH3 is 2. The molecule has 1 heterocycles. The molecule has 0 aliphatic carbocycles. The molecule has 0 saturated heterocycles. The summed E-state index contributed by atoms with van der Waals surface area (Å²) in [7, 11) is 3.07. The van der Waals surface area contributed by atoms with E-state index in [1.807, 2.05) is 25.1 Å². The molecule has 2 rings (SSSR count). The number of aromatic nitrogens is 1. The minimum atomic E-state index is -1.14. The van der Waals surface area contributed by atoms with Crippen LogP contribution in [0.1, 0.15) is 18.1 Å². The van der Waals surface area contributed by atoms with E-state index in [4.69, 9.17) is 14.2 Å². The van der Waals surface area contributed by atoms with Gasteiger partial charge in [-0.25, -0.2) is 0 Å². The molecule has 0 aliphatic heterocycles. The van der Waals surface area contributed by atoms with E-state index in [2.05, 4.69) is 28.2 Å². The average Bonchev–Trinajstić information content (AvgIpc) is 2.72. The van der Waals surface area contributed by atoms with Crippen LogP contribution in [-0.4, -0.2) is 55.6 Å². The summed E-state index contributed by atoms with van der Waals surface area (Å²) in [5.41, 5.74) is 0.549. The first-order valence-corrected chi connectivity index (χ1v) is 10.4. The molecule has 2 aromatic rings. The molecule has 0 fully saturated rings. The van der Waals surface area contributed by atoms with Crippen molar-refractivity contribution in [1.82, 2.24) is 10.3 Å². The van der Waals surface area contributed by atoms with Crippen molar-refractivity contribution in [2.75, 3.05) is 33.7 Å². The monoisotopic (exact) mass is 427 g/mol. The Labute approximate surface area is 181 Å². The topological polar surface area (TPSA) is 93.5 Å². The summed E-state index contributed by atoms with van der Waals surface area (Å²) in [6.07, 6.45) is 3.48. The van der Waals surface area contributed by atoms with Crippen molar-refractivity contribution < 1.29 is 19.0 Å². The van der Waals surface area contributed by atoms with Gasteiger partial charge in [-0.3, -0.25) is 9.78 Å². The van der Waals surface area contributed by atoms with E-state index < -0.39 is 16.9 Å². The van der Waals surface area contributed by atoms with Crippen LogP contribution in [0, 0.1) is 30.1 Å². The molecule has 7 nitrogen and oxygen atoms in total. The smallest absolute Gasteiger partial charge is 0.273 e. The highest BCUT2D eigenvalue weighted by Gasteiger charge is 2.30. The molecule has 0 saturated carbocycles. The molecule has 0 spiro atoms. The lowest BCUT2D eigenvalue weighted by molar-refractivity contribution is -0.126. The number of pyridine rings is 1. The molecule has 1 aromatic carbocycles. The second-order valence-corrected chi connectivity index (χ2v) is 7.72. The molecule has 1 N–H and O–H groups in total. The number of fused-ring (bicyclic) bond motifs is 1. The summed E-state index contributed by atoms with van der Waals surface area (Å²) >= 11 is 1.23. The molecule has 158 valence electrons. The highest BCUT2D eigenvalue weighted by Crippen LogP contribution is 2.26. The first-order valence-electron chi connectivity index (χ1n) is 9.15. The Bertz CT molecular complexity index is 1010. The predicted molar refractivity (Wildman–Crippen MR) is 117 cm³/mol. The number of benzene rings is 1. The van der Waals surface area contributed by atoms with Gasteiger partial charge in [0.05, 0.1) is 18.2 Å². The summed E-state index contributed by atoms with van der Waals surface area (Å²) in [5.74, 6) is 6.03. The van der Waals surface area contributed by atoms with Crippen molar-refractivity contribution in [2.45, 2.75) is 24.8 Å². The van der Waals surface area contributed by atoms with Gasteiger partial charge in [0, 0.05) is 31.4 Å². The number of aryl methyl sites for hydroxylation is 1. The molecule has 1 amide bonds. The van der Waals surface area contributed by atoms with Crippen LogP contribution >= 0.6 is 11.8 Å². The highest BCUT2D eigenvalue weighted by atomic mass is 32.2. The number of hydrogen-bond donors (Lipinski definition) is 1. The van der Waals surface area contributed by atoms with Gasteiger partial charge < -0.3 is 19.5 Å². The molecule has 1 aromatic heterocycles. The van der Waals surface area contributed by atoms with Gasteiger partial charge in [-0.15, -0.1) is 11.8 Å². The Morgan fingerprint density at radius 2 is 2.10 bits per heavy atom. The quantitative estimate of drug-likeness (QED) is 0.511. The van der Waals surface area contributed by atoms with E-state index in [1.54, 1.807) is 26.5 Å². The lowest BCUT2D eigenvalue weighted by Crippen LogP contribution is -2.52. The van der Waals surface area contributed by atoms with Crippen LogP contribution in [0.25, 0.3) is 10.9 Å². The Morgan fingerprint density at radius 3 is 2.73 bits per heavy atom. The zero-order valence-corrected chi connectivity index (χ0v) is 18.6. The number of ether oxygens (including phenoxy) is 3. The molecule has 30 heavy (non-hydrogen) atoms. The van der Waals surface area contributed by atoms with Crippen molar-refractivity contribution in [3.63, 3.8) is 0 Å². The Hall–Kier alpha value is -2.78. The number of nitrogens with one attached hydrogen (secondary N) is 1. The van der Waals surface area contributed by atoms with Gasteiger partial charge in [0.25, 0.3) is 5.91 Å². The molecular weight excluding hydrogens is 402 g/mol. The first-order chi connectivity index (χ1) is 14.4. The summed E-state index contributed by atoms with van der Waals surface area (Å²) in [6.45, 7) is 3.95. The lowest BCUT2D eigenvalue weighted by atomic mass is 10.1. The van der Waals surface area contributed by atoms with Crippen LogP contribution in [0.5, 0.6) is 5.75 Å². The second kappa shape index (κ2) is 10.8.